The van der Waals surface area contributed by atoms with E-state index in [2.05, 4.69) is 47.6 Å². The lowest BCUT2D eigenvalue weighted by Gasteiger charge is -2.68. The Morgan fingerprint density at radius 2 is 1.37 bits per heavy atom. The van der Waals surface area contributed by atoms with Crippen molar-refractivity contribution in [2.24, 2.45) is 50.2 Å². The third-order valence-electron chi connectivity index (χ3n) is 14.5. The Morgan fingerprint density at radius 1 is 0.761 bits per heavy atom. The van der Waals surface area contributed by atoms with Gasteiger partial charge in [-0.2, -0.15) is 5.26 Å². The van der Waals surface area contributed by atoms with Gasteiger partial charge in [-0.3, -0.25) is 24.1 Å². The van der Waals surface area contributed by atoms with E-state index in [1.54, 1.807) is 12.1 Å². The number of fused-ring (bicyclic) bond motifs is 6. The number of imide groups is 1. The third-order valence-corrected chi connectivity index (χ3v) is 14.5. The van der Waals surface area contributed by atoms with E-state index in [9.17, 15) is 24.4 Å². The van der Waals surface area contributed by atoms with Crippen LogP contribution < -0.4 is 0 Å². The molecule has 0 N–H and O–H groups in total. The zero-order chi connectivity index (χ0) is 33.7. The number of Topliss-reactive ketones (excluding diaryl/α,β-unsaturated/α-hetero) is 2. The lowest BCUT2D eigenvalue weighted by molar-refractivity contribution is -0.191. The molecule has 0 saturated heterocycles. The monoisotopic (exact) mass is 624 g/mol. The van der Waals surface area contributed by atoms with E-state index in [0.717, 1.165) is 51.4 Å². The third kappa shape index (κ3) is 4.61. The van der Waals surface area contributed by atoms with Gasteiger partial charge in [0.2, 0.25) is 0 Å². The maximum Gasteiger partial charge on any atom is 0.261 e. The number of allylic oxidation sites excluding steroid dienone is 2. The topological polar surface area (TPSA) is 95.3 Å². The lowest BCUT2D eigenvalue weighted by Crippen LogP contribution is -2.65. The maximum atomic E-state index is 14.5. The molecule has 3 fully saturated rings. The quantitative estimate of drug-likeness (QED) is 0.308. The molecule has 1 aliphatic heterocycles. The van der Waals surface area contributed by atoms with Crippen LogP contribution in [0.4, 0.5) is 0 Å². The number of nitriles is 1. The number of carbonyl (C=O) groups is 4. The minimum atomic E-state index is -0.665. The molecule has 6 rings (SSSR count). The van der Waals surface area contributed by atoms with Crippen LogP contribution in [0.15, 0.2) is 35.9 Å². The van der Waals surface area contributed by atoms with Crippen LogP contribution in [0, 0.1) is 61.6 Å². The number of nitrogens with zero attached hydrogens (tertiary/aromatic N) is 2. The molecular formula is C40H52N2O4. The Labute approximate surface area is 275 Å². The van der Waals surface area contributed by atoms with Gasteiger partial charge in [-0.1, -0.05) is 73.6 Å². The van der Waals surface area contributed by atoms with Crippen LogP contribution >= 0.6 is 0 Å². The smallest absolute Gasteiger partial charge is 0.261 e. The van der Waals surface area contributed by atoms with Crippen molar-refractivity contribution in [1.29, 1.82) is 5.26 Å². The lowest BCUT2D eigenvalue weighted by atomic mass is 9.35. The summed E-state index contributed by atoms with van der Waals surface area (Å²) in [5.41, 5.74) is -0.695. The molecule has 1 aromatic carbocycles. The predicted molar refractivity (Wildman–Crippen MR) is 178 cm³/mol. The standard InChI is InChI=1S/C40H52N2O4/c1-35(2)15-13-28-29(43)21-31-38(6)22-25(23-41)32(44)36(3,4)30(38)14-16-40(31,8)39(28,7)20-19-37(5,18-17-35)24-42-33(45)26-11-9-10-12-27(26)34(42)46/h9-12,22,28,30-31H,13-21,24H2,1-8H3/t28?,30-,31+,37-,38-,39+,40+/m0/s1. The molecule has 0 spiro atoms. The van der Waals surface area contributed by atoms with Gasteiger partial charge in [-0.05, 0) is 102 Å². The first-order valence-electron chi connectivity index (χ1n) is 17.5. The zero-order valence-corrected chi connectivity index (χ0v) is 29.2. The van der Waals surface area contributed by atoms with Gasteiger partial charge in [0.15, 0.2) is 5.78 Å². The second kappa shape index (κ2) is 10.5. The fourth-order valence-electron chi connectivity index (χ4n) is 11.2. The van der Waals surface area contributed by atoms with Crippen molar-refractivity contribution in [2.75, 3.05) is 6.54 Å². The molecule has 0 bridgehead atoms. The summed E-state index contributed by atoms with van der Waals surface area (Å²) in [5, 5.41) is 10.0. The summed E-state index contributed by atoms with van der Waals surface area (Å²) in [6.45, 7) is 18.2. The van der Waals surface area contributed by atoms with Crippen LogP contribution in [0.2, 0.25) is 0 Å². The average Bonchev–Trinajstić information content (AvgIpc) is 3.23. The molecule has 246 valence electrons. The van der Waals surface area contributed by atoms with Crippen molar-refractivity contribution in [3.8, 4) is 6.07 Å². The molecule has 2 amide bonds. The number of hydrogen-bond donors (Lipinski definition) is 0. The van der Waals surface area contributed by atoms with Gasteiger partial charge in [-0.15, -0.1) is 0 Å². The van der Waals surface area contributed by atoms with E-state index < -0.39 is 10.8 Å². The van der Waals surface area contributed by atoms with Gasteiger partial charge in [0.05, 0.1) is 16.7 Å². The molecular weight excluding hydrogens is 572 g/mol. The summed E-state index contributed by atoms with van der Waals surface area (Å²) in [5.74, 6) is -0.155. The second-order valence-electron chi connectivity index (χ2n) is 18.0. The largest absolute Gasteiger partial charge is 0.299 e. The molecule has 0 radical (unpaired) electrons. The van der Waals surface area contributed by atoms with Crippen LogP contribution in [-0.2, 0) is 9.59 Å². The van der Waals surface area contributed by atoms with Crippen LogP contribution in [0.3, 0.4) is 0 Å². The van der Waals surface area contributed by atoms with Crippen LogP contribution in [0.5, 0.6) is 0 Å². The Kier molecular flexibility index (Phi) is 7.47. The SMILES string of the molecule is CC1(C)CCC2C(=O)C[C@@H]3[C@@]4(C)C=C(C#N)C(=O)C(C)(C)[C@@H]4CC[C@@]3(C)[C@]2(C)CC[C@@](C)(CN2C(=O)c3ccccc3C2=O)CC1. The molecule has 5 aliphatic rings. The zero-order valence-electron chi connectivity index (χ0n) is 29.2. The first-order valence-corrected chi connectivity index (χ1v) is 17.5. The molecule has 1 unspecified atom stereocenters. The van der Waals surface area contributed by atoms with Crippen molar-refractivity contribution in [3.05, 3.63) is 47.0 Å². The number of ketones is 2. The van der Waals surface area contributed by atoms with E-state index >= 15 is 0 Å². The van der Waals surface area contributed by atoms with Crippen molar-refractivity contribution >= 4 is 23.4 Å². The summed E-state index contributed by atoms with van der Waals surface area (Å²) in [4.78, 5) is 56.4. The Hall–Kier alpha value is -3.07. The number of rotatable bonds is 2. The van der Waals surface area contributed by atoms with E-state index in [-0.39, 0.29) is 62.6 Å². The summed E-state index contributed by atoms with van der Waals surface area (Å²) in [6, 6.07) is 9.34. The van der Waals surface area contributed by atoms with Crippen LogP contribution in [0.1, 0.15) is 134 Å². The molecule has 1 aromatic rings. The number of benzene rings is 1. The van der Waals surface area contributed by atoms with E-state index in [4.69, 9.17) is 0 Å². The highest BCUT2D eigenvalue weighted by molar-refractivity contribution is 6.21. The molecule has 6 nitrogen and oxygen atoms in total. The molecule has 6 heteroatoms. The van der Waals surface area contributed by atoms with E-state index in [1.807, 2.05) is 32.1 Å². The number of hydrogen-bond acceptors (Lipinski definition) is 5. The van der Waals surface area contributed by atoms with Crippen LogP contribution in [0.25, 0.3) is 0 Å². The summed E-state index contributed by atoms with van der Waals surface area (Å²) in [7, 11) is 0. The van der Waals surface area contributed by atoms with Gasteiger partial charge in [0.25, 0.3) is 11.8 Å². The van der Waals surface area contributed by atoms with E-state index in [1.165, 1.54) is 4.90 Å². The molecule has 46 heavy (non-hydrogen) atoms. The number of amides is 2. The molecule has 3 saturated carbocycles. The van der Waals surface area contributed by atoms with Crippen molar-refractivity contribution < 1.29 is 19.2 Å². The first kappa shape index (κ1) is 32.9. The summed E-state index contributed by atoms with van der Waals surface area (Å²) in [6.07, 6.45) is 9.56. The molecule has 4 aliphatic carbocycles. The van der Waals surface area contributed by atoms with Gasteiger partial charge in [-0.25, -0.2) is 0 Å². The van der Waals surface area contributed by atoms with Crippen molar-refractivity contribution in [2.45, 2.75) is 113 Å². The first-order chi connectivity index (χ1) is 21.3. The minimum absolute atomic E-state index is 0.0152. The summed E-state index contributed by atoms with van der Waals surface area (Å²) >= 11 is 0. The normalized spacial score (nSPS) is 40.2. The van der Waals surface area contributed by atoms with Gasteiger partial charge in [0.1, 0.15) is 11.9 Å². The number of carbonyl (C=O) groups excluding carboxylic acids is 4. The second-order valence-corrected chi connectivity index (χ2v) is 18.0. The Morgan fingerprint density at radius 3 is 1.98 bits per heavy atom. The van der Waals surface area contributed by atoms with Gasteiger partial charge in [0, 0.05) is 24.3 Å². The fraction of sp³-hybridized carbons (Fsp3) is 0.675. The maximum absolute atomic E-state index is 14.5. The average molecular weight is 625 g/mol. The van der Waals surface area contributed by atoms with Gasteiger partial charge >= 0.3 is 0 Å². The fourth-order valence-corrected chi connectivity index (χ4v) is 11.2. The minimum Gasteiger partial charge on any atom is -0.299 e. The highest BCUT2D eigenvalue weighted by atomic mass is 16.2. The Balaban J connectivity index is 1.40. The Bertz CT molecular complexity index is 1560. The van der Waals surface area contributed by atoms with Crippen LogP contribution in [-0.4, -0.2) is 34.8 Å². The highest BCUT2D eigenvalue weighted by Gasteiger charge is 2.68. The van der Waals surface area contributed by atoms with Crippen molar-refractivity contribution in [1.82, 2.24) is 4.90 Å². The van der Waals surface area contributed by atoms with Crippen molar-refractivity contribution in [3.63, 3.8) is 0 Å². The van der Waals surface area contributed by atoms with E-state index in [0.29, 0.717) is 29.9 Å². The van der Waals surface area contributed by atoms with Gasteiger partial charge < -0.3 is 0 Å². The predicted octanol–water partition coefficient (Wildman–Crippen LogP) is 8.36. The summed E-state index contributed by atoms with van der Waals surface area (Å²) < 4.78 is 0. The molecule has 7 atom stereocenters. The molecule has 1 heterocycles. The highest BCUT2D eigenvalue weighted by Crippen LogP contribution is 2.72. The molecule has 0 aromatic heterocycles.